The Balaban J connectivity index is 2.57. The average Bonchev–Trinajstić information content (AvgIpc) is 2.28. The molecule has 0 bridgehead atoms. The van der Waals surface area contributed by atoms with Crippen LogP contribution in [-0.4, -0.2) is 23.5 Å². The third-order valence-corrected chi connectivity index (χ3v) is 2.00. The second-order valence-corrected chi connectivity index (χ2v) is 3.40. The molecule has 0 aromatic heterocycles. The molecule has 0 saturated heterocycles. The van der Waals surface area contributed by atoms with Gasteiger partial charge in [0.05, 0.1) is 6.61 Å². The lowest BCUT2D eigenvalue weighted by Crippen LogP contribution is -2.14. The van der Waals surface area contributed by atoms with Crippen LogP contribution in [0.3, 0.4) is 0 Å². The lowest BCUT2D eigenvalue weighted by Gasteiger charge is -2.04. The molecule has 1 rings (SSSR count). The van der Waals surface area contributed by atoms with E-state index in [1.165, 1.54) is 0 Å². The molecule has 0 amide bonds. The van der Waals surface area contributed by atoms with Crippen molar-refractivity contribution in [1.29, 1.82) is 0 Å². The summed E-state index contributed by atoms with van der Waals surface area (Å²) in [6, 6.07) is 6.87. The van der Waals surface area contributed by atoms with E-state index in [0.29, 0.717) is 12.2 Å². The maximum absolute atomic E-state index is 10.9. The van der Waals surface area contributed by atoms with Crippen LogP contribution < -0.4 is 4.74 Å². The van der Waals surface area contributed by atoms with E-state index in [0.717, 1.165) is 12.2 Å². The molecule has 16 heavy (non-hydrogen) atoms. The van der Waals surface area contributed by atoms with Crippen molar-refractivity contribution < 1.29 is 19.4 Å². The highest BCUT2D eigenvalue weighted by Gasteiger charge is 2.11. The third-order valence-electron chi connectivity index (χ3n) is 2.00. The SMILES string of the molecule is CCCOc1ccc(CC(=O)C(=O)O)cc1. The first kappa shape index (κ1) is 12.2. The van der Waals surface area contributed by atoms with Gasteiger partial charge in [-0.15, -0.1) is 0 Å². The normalized spacial score (nSPS) is 9.81. The van der Waals surface area contributed by atoms with Gasteiger partial charge in [0.1, 0.15) is 5.75 Å². The van der Waals surface area contributed by atoms with Gasteiger partial charge in [-0.1, -0.05) is 19.1 Å². The van der Waals surface area contributed by atoms with Gasteiger partial charge in [-0.05, 0) is 24.1 Å². The van der Waals surface area contributed by atoms with Crippen LogP contribution in [0, 0.1) is 0 Å². The molecule has 0 spiro atoms. The maximum atomic E-state index is 10.9. The van der Waals surface area contributed by atoms with E-state index in [-0.39, 0.29) is 6.42 Å². The van der Waals surface area contributed by atoms with Crippen molar-refractivity contribution in [1.82, 2.24) is 0 Å². The summed E-state index contributed by atoms with van der Waals surface area (Å²) in [5.74, 6) is -1.47. The molecule has 4 nitrogen and oxygen atoms in total. The third kappa shape index (κ3) is 3.73. The Morgan fingerprint density at radius 1 is 1.25 bits per heavy atom. The number of Topliss-reactive ketones (excluding diaryl/α,β-unsaturated/α-hetero) is 1. The topological polar surface area (TPSA) is 63.6 Å². The first-order chi connectivity index (χ1) is 7.63. The van der Waals surface area contributed by atoms with Gasteiger partial charge in [0, 0.05) is 6.42 Å². The number of carboxylic acids is 1. The maximum Gasteiger partial charge on any atom is 0.372 e. The zero-order chi connectivity index (χ0) is 12.0. The number of benzene rings is 1. The molecule has 0 aliphatic heterocycles. The van der Waals surface area contributed by atoms with Gasteiger partial charge in [0.15, 0.2) is 0 Å². The van der Waals surface area contributed by atoms with Gasteiger partial charge in [0.2, 0.25) is 5.78 Å². The van der Waals surface area contributed by atoms with Crippen LogP contribution in [0.4, 0.5) is 0 Å². The van der Waals surface area contributed by atoms with Crippen LogP contribution >= 0.6 is 0 Å². The summed E-state index contributed by atoms with van der Waals surface area (Å²) < 4.78 is 5.36. The smallest absolute Gasteiger partial charge is 0.372 e. The molecule has 0 unspecified atom stereocenters. The van der Waals surface area contributed by atoms with E-state index in [9.17, 15) is 9.59 Å². The molecule has 4 heteroatoms. The molecule has 0 heterocycles. The van der Waals surface area contributed by atoms with E-state index < -0.39 is 11.8 Å². The van der Waals surface area contributed by atoms with E-state index in [2.05, 4.69) is 0 Å². The second kappa shape index (κ2) is 5.90. The van der Waals surface area contributed by atoms with Gasteiger partial charge in [-0.25, -0.2) is 4.79 Å². The second-order valence-electron chi connectivity index (χ2n) is 3.40. The highest BCUT2D eigenvalue weighted by Crippen LogP contribution is 2.12. The van der Waals surface area contributed by atoms with Crippen molar-refractivity contribution in [2.24, 2.45) is 0 Å². The van der Waals surface area contributed by atoms with Gasteiger partial charge >= 0.3 is 5.97 Å². The minimum Gasteiger partial charge on any atom is -0.494 e. The highest BCUT2D eigenvalue weighted by atomic mass is 16.5. The lowest BCUT2D eigenvalue weighted by molar-refractivity contribution is -0.148. The van der Waals surface area contributed by atoms with Crippen molar-refractivity contribution in [3.63, 3.8) is 0 Å². The summed E-state index contributed by atoms with van der Waals surface area (Å²) in [6.07, 6.45) is 0.850. The molecule has 0 aliphatic carbocycles. The van der Waals surface area contributed by atoms with E-state index in [1.54, 1.807) is 24.3 Å². The van der Waals surface area contributed by atoms with Crippen molar-refractivity contribution >= 4 is 11.8 Å². The van der Waals surface area contributed by atoms with Crippen molar-refractivity contribution in [3.05, 3.63) is 29.8 Å². The Bertz CT molecular complexity index is 367. The minimum absolute atomic E-state index is 0.0800. The summed E-state index contributed by atoms with van der Waals surface area (Å²) in [4.78, 5) is 21.3. The van der Waals surface area contributed by atoms with Crippen LogP contribution in [0.1, 0.15) is 18.9 Å². The van der Waals surface area contributed by atoms with Crippen LogP contribution in [0.15, 0.2) is 24.3 Å². The number of rotatable bonds is 6. The molecule has 0 fully saturated rings. The molecule has 0 radical (unpaired) electrons. The monoisotopic (exact) mass is 222 g/mol. The largest absolute Gasteiger partial charge is 0.494 e. The summed E-state index contributed by atoms with van der Waals surface area (Å²) in [7, 11) is 0. The van der Waals surface area contributed by atoms with Crippen molar-refractivity contribution in [3.8, 4) is 5.75 Å². The van der Waals surface area contributed by atoms with Crippen LogP contribution in [0.5, 0.6) is 5.75 Å². The average molecular weight is 222 g/mol. The number of carboxylic acid groups (broad SMARTS) is 1. The van der Waals surface area contributed by atoms with Crippen molar-refractivity contribution in [2.75, 3.05) is 6.61 Å². The Morgan fingerprint density at radius 3 is 2.38 bits per heavy atom. The number of ketones is 1. The standard InChI is InChI=1S/C12H14O4/c1-2-7-16-10-5-3-9(4-6-10)8-11(13)12(14)15/h3-6H,2,7-8H2,1H3,(H,14,15). The predicted octanol–water partition coefficient (Wildman–Crippen LogP) is 1.67. The lowest BCUT2D eigenvalue weighted by atomic mass is 10.1. The van der Waals surface area contributed by atoms with E-state index in [1.807, 2.05) is 6.92 Å². The number of carbonyl (C=O) groups excluding carboxylic acids is 1. The number of hydrogen-bond acceptors (Lipinski definition) is 3. The number of aliphatic carboxylic acids is 1. The summed E-state index contributed by atoms with van der Waals surface area (Å²) in [6.45, 7) is 2.66. The van der Waals surface area contributed by atoms with Crippen LogP contribution in [-0.2, 0) is 16.0 Å². The fourth-order valence-electron chi connectivity index (χ4n) is 1.18. The molecular formula is C12H14O4. The Labute approximate surface area is 93.9 Å². The molecule has 0 atom stereocenters. The fraction of sp³-hybridized carbons (Fsp3) is 0.333. The van der Waals surface area contributed by atoms with Crippen LogP contribution in [0.2, 0.25) is 0 Å². The summed E-state index contributed by atoms with van der Waals surface area (Å²) in [5, 5.41) is 8.44. The van der Waals surface area contributed by atoms with Crippen LogP contribution in [0.25, 0.3) is 0 Å². The zero-order valence-corrected chi connectivity index (χ0v) is 9.10. The molecule has 86 valence electrons. The van der Waals surface area contributed by atoms with Gasteiger partial charge < -0.3 is 9.84 Å². The van der Waals surface area contributed by atoms with Gasteiger partial charge in [0.25, 0.3) is 0 Å². The molecule has 1 aromatic rings. The number of ether oxygens (including phenoxy) is 1. The first-order valence-electron chi connectivity index (χ1n) is 5.11. The predicted molar refractivity (Wildman–Crippen MR) is 58.6 cm³/mol. The first-order valence-corrected chi connectivity index (χ1v) is 5.11. The molecule has 0 saturated carbocycles. The molecule has 0 aliphatic rings. The number of hydrogen-bond donors (Lipinski definition) is 1. The summed E-state index contributed by atoms with van der Waals surface area (Å²) >= 11 is 0. The number of carbonyl (C=O) groups is 2. The summed E-state index contributed by atoms with van der Waals surface area (Å²) in [5.41, 5.74) is 0.677. The molecule has 1 aromatic carbocycles. The molecule has 1 N–H and O–H groups in total. The van der Waals surface area contributed by atoms with Gasteiger partial charge in [-0.3, -0.25) is 4.79 Å². The zero-order valence-electron chi connectivity index (χ0n) is 9.10. The van der Waals surface area contributed by atoms with Gasteiger partial charge in [-0.2, -0.15) is 0 Å². The Kier molecular flexibility index (Phi) is 4.51. The van der Waals surface area contributed by atoms with E-state index >= 15 is 0 Å². The highest BCUT2D eigenvalue weighted by molar-refractivity contribution is 6.33. The fourth-order valence-corrected chi connectivity index (χ4v) is 1.18. The van der Waals surface area contributed by atoms with E-state index in [4.69, 9.17) is 9.84 Å². The minimum atomic E-state index is -1.40. The Hall–Kier alpha value is -1.84. The Morgan fingerprint density at radius 2 is 1.88 bits per heavy atom. The quantitative estimate of drug-likeness (QED) is 0.743. The van der Waals surface area contributed by atoms with Crippen molar-refractivity contribution in [2.45, 2.75) is 19.8 Å². The molecular weight excluding hydrogens is 208 g/mol.